The molecule has 3 rings (SSSR count). The topological polar surface area (TPSA) is 71.1 Å². The van der Waals surface area contributed by atoms with Crippen LogP contribution in [-0.2, 0) is 11.3 Å². The molecule has 0 saturated heterocycles. The van der Waals surface area contributed by atoms with E-state index < -0.39 is 0 Å². The summed E-state index contributed by atoms with van der Waals surface area (Å²) in [6, 6.07) is 7.51. The van der Waals surface area contributed by atoms with Gasteiger partial charge in [0.05, 0.1) is 5.51 Å². The first kappa shape index (κ1) is 13.8. The van der Waals surface area contributed by atoms with E-state index in [4.69, 9.17) is 0 Å². The molecule has 1 heterocycles. The minimum absolute atomic E-state index is 0.0821. The van der Waals surface area contributed by atoms with Gasteiger partial charge < -0.3 is 10.6 Å². The number of hydrogen-bond donors (Lipinski definition) is 2. The van der Waals surface area contributed by atoms with E-state index >= 15 is 0 Å². The van der Waals surface area contributed by atoms with Crippen LogP contribution in [0.2, 0.25) is 0 Å². The van der Waals surface area contributed by atoms with Crippen LogP contribution in [0, 0.1) is 5.92 Å². The van der Waals surface area contributed by atoms with Crippen LogP contribution in [0.1, 0.15) is 28.9 Å². The van der Waals surface area contributed by atoms with Crippen molar-refractivity contribution in [3.8, 4) is 0 Å². The highest BCUT2D eigenvalue weighted by molar-refractivity contribution is 7.07. The maximum Gasteiger partial charge on any atom is 0.271 e. The smallest absolute Gasteiger partial charge is 0.271 e. The molecular formula is C15H15N3O2S. The summed E-state index contributed by atoms with van der Waals surface area (Å²) in [5.41, 5.74) is 3.76. The second-order valence-corrected chi connectivity index (χ2v) is 5.74. The van der Waals surface area contributed by atoms with Crippen molar-refractivity contribution in [1.82, 2.24) is 10.3 Å². The molecule has 1 aliphatic rings. The number of benzene rings is 1. The lowest BCUT2D eigenvalue weighted by molar-refractivity contribution is -0.117. The summed E-state index contributed by atoms with van der Waals surface area (Å²) in [6.45, 7) is 0.406. The van der Waals surface area contributed by atoms with Crippen molar-refractivity contribution in [2.45, 2.75) is 19.4 Å². The van der Waals surface area contributed by atoms with Crippen LogP contribution in [0.25, 0.3) is 0 Å². The Kier molecular flexibility index (Phi) is 3.96. The number of amides is 2. The number of nitrogens with zero attached hydrogens (tertiary/aromatic N) is 1. The third kappa shape index (κ3) is 3.66. The van der Waals surface area contributed by atoms with Crippen LogP contribution < -0.4 is 10.6 Å². The van der Waals surface area contributed by atoms with Crippen LogP contribution in [0.3, 0.4) is 0 Å². The van der Waals surface area contributed by atoms with E-state index in [0.717, 1.165) is 24.1 Å². The lowest BCUT2D eigenvalue weighted by atomic mass is 10.2. The molecule has 108 valence electrons. The molecule has 0 bridgehead atoms. The van der Waals surface area contributed by atoms with E-state index in [9.17, 15) is 9.59 Å². The quantitative estimate of drug-likeness (QED) is 0.891. The highest BCUT2D eigenvalue weighted by Gasteiger charge is 2.29. The molecular weight excluding hydrogens is 286 g/mol. The molecule has 1 saturated carbocycles. The van der Waals surface area contributed by atoms with Crippen molar-refractivity contribution < 1.29 is 9.59 Å². The van der Waals surface area contributed by atoms with Gasteiger partial charge in [-0.1, -0.05) is 12.1 Å². The zero-order valence-electron chi connectivity index (χ0n) is 11.3. The first-order valence-corrected chi connectivity index (χ1v) is 7.73. The van der Waals surface area contributed by atoms with Gasteiger partial charge in [-0.25, -0.2) is 4.98 Å². The predicted octanol–water partition coefficient (Wildman–Crippen LogP) is 2.42. The Morgan fingerprint density at radius 2 is 2.19 bits per heavy atom. The van der Waals surface area contributed by atoms with Crippen molar-refractivity contribution in [1.29, 1.82) is 0 Å². The fourth-order valence-corrected chi connectivity index (χ4v) is 2.48. The molecule has 0 radical (unpaired) electrons. The van der Waals surface area contributed by atoms with Gasteiger partial charge in [0.1, 0.15) is 5.69 Å². The number of hydrogen-bond acceptors (Lipinski definition) is 4. The van der Waals surface area contributed by atoms with Crippen molar-refractivity contribution in [3.63, 3.8) is 0 Å². The number of nitrogens with one attached hydrogen (secondary N) is 2. The van der Waals surface area contributed by atoms with E-state index in [1.165, 1.54) is 11.3 Å². The summed E-state index contributed by atoms with van der Waals surface area (Å²) >= 11 is 1.39. The molecule has 5 nitrogen and oxygen atoms in total. The standard InChI is InChI=1S/C15H15N3O2S/c19-14(11-4-5-11)18-12-3-1-2-10(6-12)7-16-15(20)13-8-21-9-17-13/h1-3,6,8-9,11H,4-5,7H2,(H,16,20)(H,18,19). The Hall–Kier alpha value is -2.21. The summed E-state index contributed by atoms with van der Waals surface area (Å²) in [4.78, 5) is 27.5. The zero-order valence-corrected chi connectivity index (χ0v) is 12.2. The molecule has 21 heavy (non-hydrogen) atoms. The number of rotatable bonds is 5. The molecule has 0 unspecified atom stereocenters. The van der Waals surface area contributed by atoms with Crippen molar-refractivity contribution in [2.75, 3.05) is 5.32 Å². The van der Waals surface area contributed by atoms with Gasteiger partial charge in [-0.3, -0.25) is 9.59 Å². The molecule has 2 aromatic rings. The van der Waals surface area contributed by atoms with Crippen LogP contribution >= 0.6 is 11.3 Å². The van der Waals surface area contributed by atoms with Gasteiger partial charge in [0.15, 0.2) is 0 Å². The molecule has 0 spiro atoms. The lowest BCUT2D eigenvalue weighted by Crippen LogP contribution is -2.23. The maximum absolute atomic E-state index is 11.8. The monoisotopic (exact) mass is 301 g/mol. The summed E-state index contributed by atoms with van der Waals surface area (Å²) in [7, 11) is 0. The minimum Gasteiger partial charge on any atom is -0.347 e. The molecule has 0 aliphatic heterocycles. The number of carbonyl (C=O) groups excluding carboxylic acids is 2. The van der Waals surface area contributed by atoms with Crippen molar-refractivity contribution >= 4 is 28.8 Å². The minimum atomic E-state index is -0.191. The number of thiazole rings is 1. The second-order valence-electron chi connectivity index (χ2n) is 5.02. The Bertz CT molecular complexity index is 651. The summed E-state index contributed by atoms with van der Waals surface area (Å²) in [5, 5.41) is 7.42. The van der Waals surface area contributed by atoms with Crippen LogP contribution in [0.4, 0.5) is 5.69 Å². The summed E-state index contributed by atoms with van der Waals surface area (Å²) in [5.74, 6) is 0.0698. The third-order valence-electron chi connectivity index (χ3n) is 3.26. The number of anilines is 1. The Morgan fingerprint density at radius 3 is 2.90 bits per heavy atom. The fourth-order valence-electron chi connectivity index (χ4n) is 1.95. The van der Waals surface area contributed by atoms with E-state index in [-0.39, 0.29) is 17.7 Å². The normalized spacial score (nSPS) is 13.7. The Balaban J connectivity index is 1.58. The van der Waals surface area contributed by atoms with E-state index in [0.29, 0.717) is 12.2 Å². The molecule has 1 aromatic heterocycles. The van der Waals surface area contributed by atoms with Gasteiger partial charge in [-0.15, -0.1) is 11.3 Å². The summed E-state index contributed by atoms with van der Waals surface area (Å²) in [6.07, 6.45) is 1.96. The molecule has 1 fully saturated rings. The van der Waals surface area contributed by atoms with Crippen molar-refractivity contribution in [3.05, 3.63) is 46.4 Å². The molecule has 1 aromatic carbocycles. The maximum atomic E-state index is 11.8. The number of aromatic nitrogens is 1. The van der Waals surface area contributed by atoms with E-state index in [1.807, 2.05) is 24.3 Å². The average molecular weight is 301 g/mol. The first-order chi connectivity index (χ1) is 10.2. The zero-order chi connectivity index (χ0) is 14.7. The van der Waals surface area contributed by atoms with E-state index in [1.54, 1.807) is 10.9 Å². The van der Waals surface area contributed by atoms with Gasteiger partial charge in [0, 0.05) is 23.5 Å². The molecule has 6 heteroatoms. The third-order valence-corrected chi connectivity index (χ3v) is 3.85. The Morgan fingerprint density at radius 1 is 1.33 bits per heavy atom. The highest BCUT2D eigenvalue weighted by atomic mass is 32.1. The van der Waals surface area contributed by atoms with Gasteiger partial charge in [-0.05, 0) is 30.5 Å². The Labute approximate surface area is 126 Å². The SMILES string of the molecule is O=C(NCc1cccc(NC(=O)C2CC2)c1)c1cscn1. The number of carbonyl (C=O) groups is 2. The van der Waals surface area contributed by atoms with E-state index in [2.05, 4.69) is 15.6 Å². The first-order valence-electron chi connectivity index (χ1n) is 6.78. The lowest BCUT2D eigenvalue weighted by Gasteiger charge is -2.08. The fraction of sp³-hybridized carbons (Fsp3) is 0.267. The molecule has 2 amide bonds. The molecule has 2 N–H and O–H groups in total. The molecule has 1 aliphatic carbocycles. The van der Waals surface area contributed by atoms with Gasteiger partial charge in [0.25, 0.3) is 5.91 Å². The second kappa shape index (κ2) is 6.05. The van der Waals surface area contributed by atoms with Gasteiger partial charge >= 0.3 is 0 Å². The van der Waals surface area contributed by atoms with Gasteiger partial charge in [-0.2, -0.15) is 0 Å². The summed E-state index contributed by atoms with van der Waals surface area (Å²) < 4.78 is 0. The largest absolute Gasteiger partial charge is 0.347 e. The highest BCUT2D eigenvalue weighted by Crippen LogP contribution is 2.30. The molecule has 0 atom stereocenters. The van der Waals surface area contributed by atoms with Gasteiger partial charge in [0.2, 0.25) is 5.91 Å². The van der Waals surface area contributed by atoms with Crippen LogP contribution in [0.5, 0.6) is 0 Å². The van der Waals surface area contributed by atoms with Crippen LogP contribution in [0.15, 0.2) is 35.2 Å². The van der Waals surface area contributed by atoms with Crippen LogP contribution in [-0.4, -0.2) is 16.8 Å². The average Bonchev–Trinajstić information content (AvgIpc) is 3.20. The van der Waals surface area contributed by atoms with Crippen molar-refractivity contribution in [2.24, 2.45) is 5.92 Å². The predicted molar refractivity (Wildman–Crippen MR) is 81.1 cm³/mol.